The number of carbonyl (C=O) groups excluding carboxylic acids is 1. The summed E-state index contributed by atoms with van der Waals surface area (Å²) in [6.07, 6.45) is 10.6. The van der Waals surface area contributed by atoms with E-state index in [1.54, 1.807) is 0 Å². The molecule has 0 aromatic heterocycles. The van der Waals surface area contributed by atoms with Crippen molar-refractivity contribution in [3.63, 3.8) is 0 Å². The third-order valence-corrected chi connectivity index (χ3v) is 9.01. The number of anilines is 1. The van der Waals surface area contributed by atoms with Gasteiger partial charge >= 0.3 is 5.97 Å². The van der Waals surface area contributed by atoms with Gasteiger partial charge in [-0.2, -0.15) is 4.58 Å². The highest BCUT2D eigenvalue weighted by Gasteiger charge is 2.45. The monoisotopic (exact) mass is 570 g/mol. The lowest BCUT2D eigenvalue weighted by atomic mass is 9.81. The van der Waals surface area contributed by atoms with Crippen molar-refractivity contribution < 1.29 is 24.4 Å². The van der Waals surface area contributed by atoms with E-state index < -0.39 is 11.9 Å². The number of aliphatic carboxylic acids is 2. The van der Waals surface area contributed by atoms with Crippen molar-refractivity contribution in [2.24, 2.45) is 0 Å². The predicted molar refractivity (Wildman–Crippen MR) is 161 cm³/mol. The third kappa shape index (κ3) is 5.17. The van der Waals surface area contributed by atoms with Crippen LogP contribution in [0.4, 0.5) is 11.4 Å². The zero-order chi connectivity index (χ0) is 29.5. The Kier molecular flexibility index (Phi) is 7.56. The molecule has 212 valence electrons. The van der Waals surface area contributed by atoms with Crippen molar-refractivity contribution in [2.75, 3.05) is 18.0 Å². The summed E-state index contributed by atoms with van der Waals surface area (Å²) in [4.78, 5) is 25.2. The molecule has 3 aliphatic rings. The van der Waals surface area contributed by atoms with Crippen LogP contribution in [0, 0.1) is 0 Å². The lowest BCUT2D eigenvalue weighted by molar-refractivity contribution is -0.428. The number of nitrogens with zero attached hydrogens (tertiary/aromatic N) is 2. The van der Waals surface area contributed by atoms with E-state index >= 15 is 0 Å². The molecule has 41 heavy (non-hydrogen) atoms. The Balaban J connectivity index is 1.51. The van der Waals surface area contributed by atoms with Crippen LogP contribution in [0.1, 0.15) is 58.1 Å². The van der Waals surface area contributed by atoms with E-state index in [0.29, 0.717) is 5.03 Å². The fraction of sp³-hybridized carbons (Fsp3) is 0.324. The summed E-state index contributed by atoms with van der Waals surface area (Å²) in [6, 6.07) is 15.8. The molecule has 5 rings (SSSR count). The molecule has 6 nitrogen and oxygen atoms in total. The van der Waals surface area contributed by atoms with E-state index in [4.69, 9.17) is 11.6 Å². The molecule has 1 aliphatic carbocycles. The number of para-hydroxylation sites is 2. The molecule has 2 aromatic carbocycles. The van der Waals surface area contributed by atoms with Gasteiger partial charge in [-0.3, -0.25) is 0 Å². The molecule has 2 aromatic rings. The van der Waals surface area contributed by atoms with Crippen LogP contribution in [-0.4, -0.2) is 40.4 Å². The van der Waals surface area contributed by atoms with Gasteiger partial charge in [-0.25, -0.2) is 4.79 Å². The first-order valence-corrected chi connectivity index (χ1v) is 14.3. The highest BCUT2D eigenvalue weighted by atomic mass is 35.5. The Morgan fingerprint density at radius 2 is 1.66 bits per heavy atom. The number of rotatable bonds is 7. The third-order valence-electron chi connectivity index (χ3n) is 8.52. The summed E-state index contributed by atoms with van der Waals surface area (Å²) in [5, 5.41) is 21.9. The number of allylic oxidation sites excluding steroid dienone is 8. The zero-order valence-corrected chi connectivity index (χ0v) is 24.7. The van der Waals surface area contributed by atoms with Gasteiger partial charge in [0.15, 0.2) is 5.71 Å². The van der Waals surface area contributed by atoms with E-state index in [1.807, 2.05) is 76.2 Å². The molecular weight excluding hydrogens is 536 g/mol. The molecule has 0 radical (unpaired) electrons. The summed E-state index contributed by atoms with van der Waals surface area (Å²) < 4.78 is 1.87. The lowest BCUT2D eigenvalue weighted by Gasteiger charge is -2.27. The van der Waals surface area contributed by atoms with E-state index in [0.717, 1.165) is 64.3 Å². The number of hydrogen-bond acceptors (Lipinski definition) is 4. The number of carboxylic acids is 2. The summed E-state index contributed by atoms with van der Waals surface area (Å²) in [7, 11) is 0. The van der Waals surface area contributed by atoms with Crippen LogP contribution in [0.5, 0.6) is 0 Å². The summed E-state index contributed by atoms with van der Waals surface area (Å²) in [5.41, 5.74) is 7.00. The Morgan fingerprint density at radius 1 is 0.976 bits per heavy atom. The molecule has 7 heteroatoms. The maximum absolute atomic E-state index is 11.7. The molecule has 2 aliphatic heterocycles. The summed E-state index contributed by atoms with van der Waals surface area (Å²) in [6.45, 7) is 8.07. The predicted octanol–water partition coefficient (Wildman–Crippen LogP) is 5.74. The van der Waals surface area contributed by atoms with Crippen molar-refractivity contribution in [1.82, 2.24) is 0 Å². The second-order valence-electron chi connectivity index (χ2n) is 11.9. The van der Waals surface area contributed by atoms with Gasteiger partial charge in [-0.1, -0.05) is 74.0 Å². The highest BCUT2D eigenvalue weighted by molar-refractivity contribution is 6.32. The molecule has 2 heterocycles. The second-order valence-corrected chi connectivity index (χ2v) is 12.3. The van der Waals surface area contributed by atoms with Crippen LogP contribution >= 0.6 is 11.6 Å². The normalized spacial score (nSPS) is 21.2. The van der Waals surface area contributed by atoms with Crippen molar-refractivity contribution in [3.8, 4) is 0 Å². The van der Waals surface area contributed by atoms with Crippen LogP contribution in [0.3, 0.4) is 0 Å². The smallest absolute Gasteiger partial charge is 0.370 e. The van der Waals surface area contributed by atoms with Gasteiger partial charge in [0.05, 0.1) is 17.9 Å². The molecule has 0 amide bonds. The molecule has 0 fully saturated rings. The quantitative estimate of drug-likeness (QED) is 0.429. The average molecular weight is 571 g/mol. The Morgan fingerprint density at radius 3 is 2.37 bits per heavy atom. The molecule has 1 N–H and O–H groups in total. The Bertz CT molecular complexity index is 1590. The van der Waals surface area contributed by atoms with Gasteiger partial charge in [0.25, 0.3) is 0 Å². The molecule has 0 atom stereocenters. The zero-order valence-electron chi connectivity index (χ0n) is 23.9. The molecule has 0 spiro atoms. The summed E-state index contributed by atoms with van der Waals surface area (Å²) in [5.74, 6) is -2.02. The van der Waals surface area contributed by atoms with Crippen molar-refractivity contribution in [3.05, 3.63) is 106 Å². The molecular formula is C34H35ClN2O4. The second kappa shape index (κ2) is 10.8. The lowest BCUT2D eigenvalue weighted by Crippen LogP contribution is -2.38. The molecule has 0 unspecified atom stereocenters. The van der Waals surface area contributed by atoms with Crippen LogP contribution in [0.2, 0.25) is 0 Å². The van der Waals surface area contributed by atoms with Gasteiger partial charge in [-0.05, 0) is 62.0 Å². The number of halogens is 1. The highest BCUT2D eigenvalue weighted by Crippen LogP contribution is 2.47. The van der Waals surface area contributed by atoms with Crippen LogP contribution in [0.15, 0.2) is 94.7 Å². The Labute approximate surface area is 246 Å². The Hall–Kier alpha value is -3.90. The minimum absolute atomic E-state index is 0.119. The first-order valence-electron chi connectivity index (χ1n) is 13.9. The molecule has 0 bridgehead atoms. The van der Waals surface area contributed by atoms with E-state index in [9.17, 15) is 19.8 Å². The first-order chi connectivity index (χ1) is 19.4. The average Bonchev–Trinajstić information content (AvgIpc) is 3.26. The van der Waals surface area contributed by atoms with E-state index in [-0.39, 0.29) is 23.9 Å². The standard InChI is InChI=1S/C34H35ClN2O4/c1-33(2)24-12-5-7-14-26(24)36(20-30(38)39)28(33)18-16-22-10-9-11-23(32(22)35)17-19-29-34(3,4)25-13-6-8-15-27(25)37(29)21-31(40)41/h5-8,12-19H,9-11,20-21H2,1-4H3,(H-,38,39,40,41). The topological polar surface area (TPSA) is 83.7 Å². The van der Waals surface area contributed by atoms with E-state index in [1.165, 1.54) is 0 Å². The minimum Gasteiger partial charge on any atom is -0.548 e. The SMILES string of the molecule is CC1(C)C(=CC=C2CCCC(C=CC3=[N+](CC(=O)O)c4ccccc4C3(C)C)=C2Cl)N(CC(=O)[O-])c2ccccc21. The van der Waals surface area contributed by atoms with Gasteiger partial charge in [0, 0.05) is 39.5 Å². The fourth-order valence-corrected chi connectivity index (χ4v) is 6.77. The van der Waals surface area contributed by atoms with Gasteiger partial charge in [0.1, 0.15) is 0 Å². The van der Waals surface area contributed by atoms with Crippen LogP contribution in [0.25, 0.3) is 0 Å². The molecule has 0 saturated heterocycles. The van der Waals surface area contributed by atoms with Crippen LogP contribution in [-0.2, 0) is 20.4 Å². The number of fused-ring (bicyclic) bond motifs is 2. The van der Waals surface area contributed by atoms with Gasteiger partial charge < -0.3 is 19.9 Å². The maximum Gasteiger partial charge on any atom is 0.370 e. The van der Waals surface area contributed by atoms with E-state index in [2.05, 4.69) is 33.8 Å². The molecule has 0 saturated carbocycles. The fourth-order valence-electron chi connectivity index (χ4n) is 6.45. The van der Waals surface area contributed by atoms with Crippen LogP contribution < -0.4 is 10.0 Å². The van der Waals surface area contributed by atoms with Crippen molar-refractivity contribution in [1.29, 1.82) is 0 Å². The largest absolute Gasteiger partial charge is 0.548 e. The van der Waals surface area contributed by atoms with Crippen molar-refractivity contribution in [2.45, 2.75) is 57.8 Å². The number of carbonyl (C=O) groups is 2. The van der Waals surface area contributed by atoms with Gasteiger partial charge in [-0.15, -0.1) is 0 Å². The number of carboxylic acid groups (broad SMARTS) is 2. The maximum atomic E-state index is 11.7. The first kappa shape index (κ1) is 28.6. The van der Waals surface area contributed by atoms with Crippen molar-refractivity contribution >= 4 is 40.6 Å². The minimum atomic E-state index is -1.13. The number of hydrogen-bond donors (Lipinski definition) is 1. The van der Waals surface area contributed by atoms with Gasteiger partial charge in [0.2, 0.25) is 12.2 Å². The number of benzene rings is 2. The summed E-state index contributed by atoms with van der Waals surface area (Å²) >= 11 is 6.98.